The molecule has 0 radical (unpaired) electrons. The molecule has 8 heteroatoms. The average Bonchev–Trinajstić information content (AvgIpc) is 3.17. The SMILES string of the molecule is CC(=O)[C@H]1CC[C@H]2[C@@H]3CC=C4CC([Se]C(=N)N)CC[C@]4(C)[C@H]3CC[C@]12C.Cc1ccc(S(=O)(=O)O)cc1. The van der Waals surface area contributed by atoms with E-state index < -0.39 is 10.1 Å². The minimum atomic E-state index is -4.02. The van der Waals surface area contributed by atoms with Crippen LogP contribution in [0.3, 0.4) is 0 Å². The number of hydrogen-bond acceptors (Lipinski definition) is 4. The zero-order chi connectivity index (χ0) is 27.2. The van der Waals surface area contributed by atoms with Gasteiger partial charge < -0.3 is 0 Å². The number of nitrogens with one attached hydrogen (secondary N) is 1. The summed E-state index contributed by atoms with van der Waals surface area (Å²) in [6.45, 7) is 8.63. The van der Waals surface area contributed by atoms with E-state index >= 15 is 0 Å². The third-order valence-corrected chi connectivity index (χ3v) is 13.1. The molecule has 3 fully saturated rings. The molecule has 0 aliphatic heterocycles. The van der Waals surface area contributed by atoms with E-state index in [4.69, 9.17) is 15.7 Å². The summed E-state index contributed by atoms with van der Waals surface area (Å²) in [6.07, 6.45) is 12.4. The summed E-state index contributed by atoms with van der Waals surface area (Å²) in [6, 6.07) is 5.99. The van der Waals surface area contributed by atoms with Crippen LogP contribution in [0.5, 0.6) is 0 Å². The number of aryl methyl sites for hydroxylation is 1. The van der Waals surface area contributed by atoms with Crippen molar-refractivity contribution in [3.63, 3.8) is 0 Å². The summed E-state index contributed by atoms with van der Waals surface area (Å²) in [7, 11) is -4.02. The van der Waals surface area contributed by atoms with Gasteiger partial charge in [-0.25, -0.2) is 0 Å². The Balaban J connectivity index is 0.000000245. The van der Waals surface area contributed by atoms with Crippen molar-refractivity contribution in [2.24, 2.45) is 40.2 Å². The van der Waals surface area contributed by atoms with Crippen molar-refractivity contribution >= 4 is 35.6 Å². The van der Waals surface area contributed by atoms with Gasteiger partial charge in [0.15, 0.2) is 0 Å². The minimum Gasteiger partial charge on any atom is -0.282 e. The molecule has 0 aromatic heterocycles. The van der Waals surface area contributed by atoms with E-state index in [2.05, 4.69) is 19.9 Å². The van der Waals surface area contributed by atoms with Crippen LogP contribution in [0.1, 0.15) is 77.7 Å². The van der Waals surface area contributed by atoms with Crippen molar-refractivity contribution < 1.29 is 17.8 Å². The first kappa shape index (κ1) is 28.5. The molecule has 37 heavy (non-hydrogen) atoms. The summed E-state index contributed by atoms with van der Waals surface area (Å²) >= 11 is 0.171. The van der Waals surface area contributed by atoms with Crippen LogP contribution in [0, 0.1) is 46.8 Å². The van der Waals surface area contributed by atoms with E-state index in [1.807, 2.05) is 13.8 Å². The summed E-state index contributed by atoms with van der Waals surface area (Å²) < 4.78 is 30.0. The van der Waals surface area contributed by atoms with Crippen molar-refractivity contribution in [1.82, 2.24) is 0 Å². The van der Waals surface area contributed by atoms with Crippen LogP contribution in [0.4, 0.5) is 0 Å². The van der Waals surface area contributed by atoms with Crippen molar-refractivity contribution in [3.05, 3.63) is 41.5 Å². The van der Waals surface area contributed by atoms with Gasteiger partial charge >= 0.3 is 165 Å². The average molecular weight is 594 g/mol. The zero-order valence-electron chi connectivity index (χ0n) is 22.5. The molecular formula is C29H42N2O4SSe. The Morgan fingerprint density at radius 2 is 1.76 bits per heavy atom. The number of fused-ring (bicyclic) bond motifs is 5. The van der Waals surface area contributed by atoms with Crippen LogP contribution in [0.15, 0.2) is 40.8 Å². The first-order chi connectivity index (χ1) is 17.3. The Labute approximate surface area is 228 Å². The standard InChI is InChI=1S/C22H34N2OSe.C7H8O3S/c1-13(25)17-6-7-18-16-5-4-14-12-15(26-20(23)24)8-10-21(14,2)19(16)9-11-22(17,18)3;1-6-2-4-7(5-3-6)11(8,9)10/h4,15-19H,5-12H2,1-3H3,(H3,23,24);2-5H,1H3,(H,8,9,10)/t15?,16-,17+,18-,19-,21-,22+;/m0./s1. The topological polar surface area (TPSA) is 121 Å². The maximum atomic E-state index is 12.2. The van der Waals surface area contributed by atoms with Gasteiger partial charge in [-0.2, -0.15) is 8.42 Å². The van der Waals surface area contributed by atoms with E-state index in [0.29, 0.717) is 26.7 Å². The number of Topliss-reactive ketones (excluding diaryl/α,β-unsaturated/α-hetero) is 1. The maximum Gasteiger partial charge on any atom is 0.294 e. The number of amidine groups is 1. The molecule has 204 valence electrons. The number of benzene rings is 1. The third kappa shape index (κ3) is 5.63. The number of rotatable bonds is 4. The molecule has 0 spiro atoms. The van der Waals surface area contributed by atoms with Crippen molar-refractivity contribution in [2.75, 3.05) is 0 Å². The minimum absolute atomic E-state index is 0.0666. The molecule has 4 aliphatic carbocycles. The molecule has 4 aliphatic rings. The Hall–Kier alpha value is -1.47. The Morgan fingerprint density at radius 3 is 2.35 bits per heavy atom. The van der Waals surface area contributed by atoms with E-state index in [9.17, 15) is 13.2 Å². The van der Waals surface area contributed by atoms with E-state index in [0.717, 1.165) is 29.7 Å². The molecule has 0 saturated heterocycles. The molecule has 1 unspecified atom stereocenters. The molecule has 4 N–H and O–H groups in total. The first-order valence-corrected chi connectivity index (χ1v) is 16.8. The van der Waals surface area contributed by atoms with Crippen LogP contribution in [0.2, 0.25) is 4.82 Å². The number of carbonyl (C=O) groups excluding carboxylic acids is 1. The number of allylic oxidation sites excluding steroid dienone is 2. The van der Waals surface area contributed by atoms with Gasteiger partial charge in [-0.1, -0.05) is 17.7 Å². The van der Waals surface area contributed by atoms with Gasteiger partial charge in [0.1, 0.15) is 0 Å². The van der Waals surface area contributed by atoms with Gasteiger partial charge in [0, 0.05) is 0 Å². The van der Waals surface area contributed by atoms with Crippen molar-refractivity contribution in [1.29, 1.82) is 5.41 Å². The van der Waals surface area contributed by atoms with E-state index in [-0.39, 0.29) is 25.3 Å². The second-order valence-corrected chi connectivity index (χ2v) is 16.4. The molecule has 0 bridgehead atoms. The van der Waals surface area contributed by atoms with Gasteiger partial charge in [-0.3, -0.25) is 4.55 Å². The monoisotopic (exact) mass is 594 g/mol. The molecule has 6 nitrogen and oxygen atoms in total. The summed E-state index contributed by atoms with van der Waals surface area (Å²) in [5.41, 5.74) is 8.96. The quantitative estimate of drug-likeness (QED) is 0.134. The number of ketones is 1. The maximum absolute atomic E-state index is 12.2. The molecule has 3 saturated carbocycles. The van der Waals surface area contributed by atoms with Crippen LogP contribution in [0.25, 0.3) is 0 Å². The second kappa shape index (κ2) is 10.6. The van der Waals surface area contributed by atoms with E-state index in [1.165, 1.54) is 57.1 Å². The molecule has 1 aromatic carbocycles. The smallest absolute Gasteiger partial charge is 0.282 e. The van der Waals surface area contributed by atoms with Crippen LogP contribution >= 0.6 is 0 Å². The summed E-state index contributed by atoms with van der Waals surface area (Å²) in [5, 5.41) is 7.67. The van der Waals surface area contributed by atoms with Crippen molar-refractivity contribution in [2.45, 2.75) is 88.8 Å². The number of nitrogens with two attached hydrogens (primary N) is 1. The Morgan fingerprint density at radius 1 is 1.08 bits per heavy atom. The molecular weight excluding hydrogens is 551 g/mol. The van der Waals surface area contributed by atoms with Crippen LogP contribution < -0.4 is 5.73 Å². The molecule has 7 atom stereocenters. The predicted octanol–water partition coefficient (Wildman–Crippen LogP) is 5.78. The van der Waals surface area contributed by atoms with Crippen molar-refractivity contribution in [3.8, 4) is 0 Å². The molecule has 1 aromatic rings. The fraction of sp³-hybridized carbons (Fsp3) is 0.655. The predicted molar refractivity (Wildman–Crippen MR) is 148 cm³/mol. The Kier molecular flexibility index (Phi) is 8.17. The van der Waals surface area contributed by atoms with Gasteiger partial charge in [0.2, 0.25) is 0 Å². The fourth-order valence-electron chi connectivity index (χ4n) is 8.29. The summed E-state index contributed by atoms with van der Waals surface area (Å²) in [5.74, 6) is 3.06. The third-order valence-electron chi connectivity index (χ3n) is 10.2. The molecule has 5 rings (SSSR count). The Bertz CT molecular complexity index is 1180. The van der Waals surface area contributed by atoms with Crippen LogP contribution in [-0.2, 0) is 14.9 Å². The summed E-state index contributed by atoms with van der Waals surface area (Å²) in [4.78, 5) is 12.8. The van der Waals surface area contributed by atoms with Gasteiger partial charge in [-0.15, -0.1) is 0 Å². The van der Waals surface area contributed by atoms with Gasteiger partial charge in [0.05, 0.1) is 4.90 Å². The van der Waals surface area contributed by atoms with E-state index in [1.54, 1.807) is 17.7 Å². The number of hydrogen-bond donors (Lipinski definition) is 3. The number of carbonyl (C=O) groups is 1. The fourth-order valence-corrected chi connectivity index (χ4v) is 10.6. The molecule has 0 amide bonds. The van der Waals surface area contributed by atoms with Gasteiger partial charge in [0.25, 0.3) is 10.1 Å². The largest absolute Gasteiger partial charge is 0.294 e. The molecule has 0 heterocycles. The normalized spacial score (nSPS) is 36.7. The van der Waals surface area contributed by atoms with Crippen LogP contribution in [-0.4, -0.2) is 38.4 Å². The second-order valence-electron chi connectivity index (χ2n) is 12.2. The zero-order valence-corrected chi connectivity index (χ0v) is 25.0. The van der Waals surface area contributed by atoms with Gasteiger partial charge in [-0.05, 0) is 19.1 Å². The first-order valence-electron chi connectivity index (χ1n) is 13.5.